The normalized spacial score (nSPS) is 17.2. The van der Waals surface area contributed by atoms with Gasteiger partial charge in [0.25, 0.3) is 0 Å². The van der Waals surface area contributed by atoms with Crippen LogP contribution in [0.1, 0.15) is 24.8 Å². The minimum absolute atomic E-state index is 0.0332. The van der Waals surface area contributed by atoms with Crippen LogP contribution in [-0.4, -0.2) is 53.7 Å². The van der Waals surface area contributed by atoms with E-state index < -0.39 is 16.1 Å². The molecule has 6 nitrogen and oxygen atoms in total. The molecule has 0 aliphatic carbocycles. The third kappa shape index (κ3) is 4.02. The molecule has 1 aliphatic rings. The lowest BCUT2D eigenvalue weighted by Gasteiger charge is -2.28. The molecule has 0 saturated carbocycles. The van der Waals surface area contributed by atoms with Crippen LogP contribution in [0.4, 0.5) is 0 Å². The summed E-state index contributed by atoms with van der Waals surface area (Å²) in [5, 5.41) is 18.1. The zero-order valence-electron chi connectivity index (χ0n) is 11.6. The molecule has 114 valence electrons. The van der Waals surface area contributed by atoms with Gasteiger partial charge in [-0.2, -0.15) is 4.31 Å². The highest BCUT2D eigenvalue weighted by molar-refractivity contribution is 7.89. The van der Waals surface area contributed by atoms with Gasteiger partial charge in [0.15, 0.2) is 0 Å². The zero-order valence-corrected chi connectivity index (χ0v) is 12.4. The van der Waals surface area contributed by atoms with Crippen LogP contribution in [0.3, 0.4) is 0 Å². The quantitative estimate of drug-likeness (QED) is 0.765. The van der Waals surface area contributed by atoms with E-state index in [1.807, 2.05) is 0 Å². The molecule has 21 heavy (non-hydrogen) atoms. The highest BCUT2D eigenvalue weighted by Gasteiger charge is 2.28. The highest BCUT2D eigenvalue weighted by Crippen LogP contribution is 2.20. The number of aliphatic hydroxyl groups excluding tert-OH is 2. The topological polar surface area (TPSA) is 90.7 Å². The monoisotopic (exact) mass is 310 g/mol. The summed E-state index contributed by atoms with van der Waals surface area (Å²) in [4.78, 5) is 4.03. The van der Waals surface area contributed by atoms with Gasteiger partial charge in [-0.05, 0) is 18.9 Å². The summed E-state index contributed by atoms with van der Waals surface area (Å²) >= 11 is 0. The predicted molar refractivity (Wildman–Crippen MR) is 76.8 cm³/mol. The summed E-state index contributed by atoms with van der Waals surface area (Å²) in [5.41, 5.74) is 0.501. The zero-order chi connectivity index (χ0) is 15.3. The second-order valence-corrected chi connectivity index (χ2v) is 6.76. The summed E-state index contributed by atoms with van der Waals surface area (Å²) in [6, 6.07) is 1.48. The smallest absolute Gasteiger partial charge is 0.244 e. The van der Waals surface area contributed by atoms with Gasteiger partial charge in [0.1, 0.15) is 4.90 Å². The standard InChI is InChI=1S/C14H18N2O4S/c17-8-2-1-3-12-9-14(11-15-10-12)21(19,20)16-6-4-13(18)5-7-16/h9-11,13,17-18H,2,4-8H2. The van der Waals surface area contributed by atoms with Gasteiger partial charge in [0.05, 0.1) is 12.7 Å². The van der Waals surface area contributed by atoms with E-state index in [9.17, 15) is 13.5 Å². The molecule has 0 aromatic carbocycles. The minimum atomic E-state index is -3.60. The third-order valence-electron chi connectivity index (χ3n) is 3.24. The molecule has 0 bridgehead atoms. The van der Waals surface area contributed by atoms with Gasteiger partial charge in [-0.15, -0.1) is 0 Å². The predicted octanol–water partition coefficient (Wildman–Crippen LogP) is -0.0391. The van der Waals surface area contributed by atoms with Gasteiger partial charge in [-0.1, -0.05) is 11.8 Å². The lowest BCUT2D eigenvalue weighted by molar-refractivity contribution is 0.113. The summed E-state index contributed by atoms with van der Waals surface area (Å²) in [6.07, 6.45) is 3.60. The molecule has 2 heterocycles. The molecule has 0 radical (unpaired) electrons. The average molecular weight is 310 g/mol. The van der Waals surface area contributed by atoms with Crippen molar-refractivity contribution in [3.8, 4) is 11.8 Å². The molecule has 1 aromatic rings. The van der Waals surface area contributed by atoms with Gasteiger partial charge in [-0.3, -0.25) is 4.98 Å². The number of piperidine rings is 1. The van der Waals surface area contributed by atoms with Crippen molar-refractivity contribution in [3.05, 3.63) is 24.0 Å². The average Bonchev–Trinajstić information content (AvgIpc) is 2.48. The molecule has 2 N–H and O–H groups in total. The molecule has 0 amide bonds. The number of aromatic nitrogens is 1. The van der Waals surface area contributed by atoms with E-state index in [2.05, 4.69) is 16.8 Å². The Morgan fingerprint density at radius 3 is 2.71 bits per heavy atom. The molecule has 1 fully saturated rings. The molecule has 1 saturated heterocycles. The van der Waals surface area contributed by atoms with Gasteiger partial charge in [-0.25, -0.2) is 8.42 Å². The first-order valence-corrected chi connectivity index (χ1v) is 8.21. The largest absolute Gasteiger partial charge is 0.395 e. The van der Waals surface area contributed by atoms with Crippen LogP contribution >= 0.6 is 0 Å². The molecule has 0 spiro atoms. The minimum Gasteiger partial charge on any atom is -0.395 e. The van der Waals surface area contributed by atoms with E-state index in [1.165, 1.54) is 22.8 Å². The first-order valence-electron chi connectivity index (χ1n) is 6.77. The van der Waals surface area contributed by atoms with Crippen molar-refractivity contribution in [2.24, 2.45) is 0 Å². The number of hydrogen-bond donors (Lipinski definition) is 2. The Bertz CT molecular complexity index is 640. The fraction of sp³-hybridized carbons (Fsp3) is 0.500. The fourth-order valence-electron chi connectivity index (χ4n) is 2.08. The summed E-state index contributed by atoms with van der Waals surface area (Å²) < 4.78 is 26.3. The summed E-state index contributed by atoms with van der Waals surface area (Å²) in [6.45, 7) is 0.586. The SMILES string of the molecule is O=S(=O)(c1cncc(C#CCCO)c1)N1CCC(O)CC1. The maximum atomic E-state index is 12.5. The number of sulfonamides is 1. The van der Waals surface area contributed by atoms with E-state index >= 15 is 0 Å². The van der Waals surface area contributed by atoms with E-state index in [-0.39, 0.29) is 11.5 Å². The lowest BCUT2D eigenvalue weighted by Crippen LogP contribution is -2.40. The second kappa shape index (κ2) is 7.00. The Morgan fingerprint density at radius 1 is 1.33 bits per heavy atom. The van der Waals surface area contributed by atoms with Crippen LogP contribution in [0, 0.1) is 11.8 Å². The molecular weight excluding hydrogens is 292 g/mol. The van der Waals surface area contributed by atoms with E-state index in [0.717, 1.165) is 0 Å². The number of hydrogen-bond acceptors (Lipinski definition) is 5. The third-order valence-corrected chi connectivity index (χ3v) is 5.11. The van der Waals surface area contributed by atoms with Crippen LogP contribution in [-0.2, 0) is 10.0 Å². The van der Waals surface area contributed by atoms with Crippen molar-refractivity contribution in [1.82, 2.24) is 9.29 Å². The first kappa shape index (κ1) is 15.9. The lowest BCUT2D eigenvalue weighted by atomic mass is 10.1. The summed E-state index contributed by atoms with van der Waals surface area (Å²) in [5.74, 6) is 5.51. The van der Waals surface area contributed by atoms with E-state index in [4.69, 9.17) is 5.11 Å². The van der Waals surface area contributed by atoms with Crippen LogP contribution in [0.25, 0.3) is 0 Å². The van der Waals surface area contributed by atoms with Crippen molar-refractivity contribution in [2.45, 2.75) is 30.3 Å². The molecule has 2 rings (SSSR count). The number of rotatable bonds is 3. The first-order chi connectivity index (χ1) is 10.0. The fourth-order valence-corrected chi connectivity index (χ4v) is 3.54. The van der Waals surface area contributed by atoms with Crippen LogP contribution in [0.5, 0.6) is 0 Å². The molecule has 0 unspecified atom stereocenters. The second-order valence-electron chi connectivity index (χ2n) is 4.82. The number of nitrogens with zero attached hydrogens (tertiary/aromatic N) is 2. The molecule has 7 heteroatoms. The van der Waals surface area contributed by atoms with Gasteiger partial charge < -0.3 is 10.2 Å². The molecule has 1 aliphatic heterocycles. The number of aliphatic hydroxyl groups is 2. The van der Waals surface area contributed by atoms with Crippen molar-refractivity contribution in [2.75, 3.05) is 19.7 Å². The van der Waals surface area contributed by atoms with Crippen molar-refractivity contribution < 1.29 is 18.6 Å². The molecule has 1 aromatic heterocycles. The Kier molecular flexibility index (Phi) is 5.31. The Balaban J connectivity index is 2.21. The van der Waals surface area contributed by atoms with Crippen LogP contribution in [0.15, 0.2) is 23.4 Å². The van der Waals surface area contributed by atoms with Crippen molar-refractivity contribution >= 4 is 10.0 Å². The van der Waals surface area contributed by atoms with Crippen LogP contribution in [0.2, 0.25) is 0 Å². The van der Waals surface area contributed by atoms with Crippen molar-refractivity contribution in [1.29, 1.82) is 0 Å². The Hall–Kier alpha value is -1.46. The van der Waals surface area contributed by atoms with Crippen molar-refractivity contribution in [3.63, 3.8) is 0 Å². The van der Waals surface area contributed by atoms with Crippen LogP contribution < -0.4 is 0 Å². The highest BCUT2D eigenvalue weighted by atomic mass is 32.2. The molecular formula is C14H18N2O4S. The maximum absolute atomic E-state index is 12.5. The van der Waals surface area contributed by atoms with Gasteiger partial charge in [0.2, 0.25) is 10.0 Å². The Labute approximate surface area is 124 Å². The van der Waals surface area contributed by atoms with Gasteiger partial charge in [0, 0.05) is 37.5 Å². The maximum Gasteiger partial charge on any atom is 0.244 e. The van der Waals surface area contributed by atoms with E-state index in [1.54, 1.807) is 0 Å². The van der Waals surface area contributed by atoms with Gasteiger partial charge >= 0.3 is 0 Å². The molecule has 0 atom stereocenters. The number of pyridine rings is 1. The Morgan fingerprint density at radius 2 is 2.05 bits per heavy atom. The van der Waals surface area contributed by atoms with E-state index in [0.29, 0.717) is 37.9 Å². The summed E-state index contributed by atoms with van der Waals surface area (Å²) in [7, 11) is -3.60.